The van der Waals surface area contributed by atoms with Crippen molar-refractivity contribution in [1.82, 2.24) is 0 Å². The van der Waals surface area contributed by atoms with Gasteiger partial charge in [-0.05, 0) is 30.2 Å². The van der Waals surface area contributed by atoms with Crippen LogP contribution in [0.5, 0.6) is 5.75 Å². The number of rotatable bonds is 6. The number of hydrogen-bond acceptors (Lipinski definition) is 2. The van der Waals surface area contributed by atoms with Gasteiger partial charge in [-0.15, -0.1) is 0 Å². The summed E-state index contributed by atoms with van der Waals surface area (Å²) >= 11 is 0. The molecule has 0 fully saturated rings. The molecule has 0 heterocycles. The van der Waals surface area contributed by atoms with Crippen LogP contribution in [0.1, 0.15) is 13.3 Å². The molecule has 0 atom stereocenters. The molecule has 108 valence electrons. The molecule has 0 aliphatic carbocycles. The quantitative estimate of drug-likeness (QED) is 0.639. The number of ether oxygens (including phenoxy) is 1. The molecule has 0 aliphatic rings. The molecule has 0 bridgehead atoms. The van der Waals surface area contributed by atoms with Crippen LogP contribution in [0.3, 0.4) is 0 Å². The van der Waals surface area contributed by atoms with Crippen molar-refractivity contribution in [3.63, 3.8) is 0 Å². The summed E-state index contributed by atoms with van der Waals surface area (Å²) in [5, 5.41) is 8.73. The first kappa shape index (κ1) is 14.9. The van der Waals surface area contributed by atoms with E-state index in [-0.39, 0.29) is 0 Å². The molecule has 2 aromatic carbocycles. The van der Waals surface area contributed by atoms with Gasteiger partial charge in [-0.1, -0.05) is 48.5 Å². The van der Waals surface area contributed by atoms with Crippen LogP contribution in [0, 0.1) is 0 Å². The van der Waals surface area contributed by atoms with Gasteiger partial charge < -0.3 is 9.84 Å². The van der Waals surface area contributed by atoms with E-state index < -0.39 is 5.97 Å². The molecule has 0 aromatic heterocycles. The monoisotopic (exact) mass is 282 g/mol. The van der Waals surface area contributed by atoms with Crippen molar-refractivity contribution in [3.8, 4) is 16.9 Å². The lowest BCUT2D eigenvalue weighted by atomic mass is 10.1. The van der Waals surface area contributed by atoms with Gasteiger partial charge >= 0.3 is 5.97 Å². The topological polar surface area (TPSA) is 46.5 Å². The van der Waals surface area contributed by atoms with Crippen LogP contribution < -0.4 is 4.74 Å². The van der Waals surface area contributed by atoms with Crippen molar-refractivity contribution in [2.45, 2.75) is 13.3 Å². The van der Waals surface area contributed by atoms with Crippen molar-refractivity contribution in [2.75, 3.05) is 6.61 Å². The minimum atomic E-state index is -0.887. The molecule has 0 saturated carbocycles. The molecule has 0 aliphatic heterocycles. The van der Waals surface area contributed by atoms with E-state index in [1.807, 2.05) is 42.5 Å². The molecule has 3 nitrogen and oxygen atoms in total. The van der Waals surface area contributed by atoms with Crippen molar-refractivity contribution < 1.29 is 14.6 Å². The summed E-state index contributed by atoms with van der Waals surface area (Å²) in [6, 6.07) is 18.0. The van der Waals surface area contributed by atoms with Crippen molar-refractivity contribution in [2.24, 2.45) is 0 Å². The van der Waals surface area contributed by atoms with Crippen molar-refractivity contribution in [3.05, 3.63) is 66.2 Å². The molecule has 21 heavy (non-hydrogen) atoms. The van der Waals surface area contributed by atoms with Gasteiger partial charge in [0.15, 0.2) is 0 Å². The van der Waals surface area contributed by atoms with E-state index in [1.165, 1.54) is 5.56 Å². The summed E-state index contributed by atoms with van der Waals surface area (Å²) in [5.74, 6) is -0.0988. The molecule has 0 spiro atoms. The van der Waals surface area contributed by atoms with Crippen molar-refractivity contribution >= 4 is 5.97 Å². The average Bonchev–Trinajstić information content (AvgIpc) is 2.52. The van der Waals surface area contributed by atoms with Gasteiger partial charge in [-0.25, -0.2) is 4.79 Å². The molecular weight excluding hydrogens is 264 g/mol. The van der Waals surface area contributed by atoms with Crippen LogP contribution in [-0.4, -0.2) is 17.7 Å². The third kappa shape index (κ3) is 4.49. The Morgan fingerprint density at radius 2 is 1.67 bits per heavy atom. The summed E-state index contributed by atoms with van der Waals surface area (Å²) in [4.78, 5) is 10.6. The van der Waals surface area contributed by atoms with Gasteiger partial charge in [0.25, 0.3) is 0 Å². The van der Waals surface area contributed by atoms with Crippen molar-refractivity contribution in [1.29, 1.82) is 0 Å². The Balaban J connectivity index is 1.89. The standard InChI is InChI=1S/C18H18O3/c1-14(18(19)20)6-5-13-21-17-11-9-16(10-12-17)15-7-3-2-4-8-15/h2-4,6-12H,5,13H2,1H3,(H,19,20). The largest absolute Gasteiger partial charge is 0.493 e. The van der Waals surface area contributed by atoms with Gasteiger partial charge in [-0.2, -0.15) is 0 Å². The SMILES string of the molecule is CC(=CCCOc1ccc(-c2ccccc2)cc1)C(=O)O. The maximum absolute atomic E-state index is 10.6. The molecule has 2 aromatic rings. The first-order chi connectivity index (χ1) is 10.2. The van der Waals surface area contributed by atoms with Crippen LogP contribution in [0.25, 0.3) is 11.1 Å². The third-order valence-corrected chi connectivity index (χ3v) is 3.14. The molecule has 0 saturated heterocycles. The number of carboxylic acid groups (broad SMARTS) is 1. The zero-order valence-electron chi connectivity index (χ0n) is 12.0. The van der Waals surface area contributed by atoms with Crippen LogP contribution in [0.4, 0.5) is 0 Å². The minimum Gasteiger partial charge on any atom is -0.493 e. The van der Waals surface area contributed by atoms with Gasteiger partial charge in [-0.3, -0.25) is 0 Å². The van der Waals surface area contributed by atoms with Gasteiger partial charge in [0.1, 0.15) is 5.75 Å². The molecule has 0 radical (unpaired) electrons. The second-order valence-corrected chi connectivity index (χ2v) is 4.72. The Bertz CT molecular complexity index is 613. The van der Waals surface area contributed by atoms with E-state index in [9.17, 15) is 4.79 Å². The smallest absolute Gasteiger partial charge is 0.330 e. The lowest BCUT2D eigenvalue weighted by Gasteiger charge is -2.06. The lowest BCUT2D eigenvalue weighted by molar-refractivity contribution is -0.132. The molecular formula is C18H18O3. The maximum Gasteiger partial charge on any atom is 0.330 e. The van der Waals surface area contributed by atoms with E-state index >= 15 is 0 Å². The Morgan fingerprint density at radius 3 is 2.29 bits per heavy atom. The predicted molar refractivity (Wildman–Crippen MR) is 83.4 cm³/mol. The minimum absolute atomic E-state index is 0.345. The summed E-state index contributed by atoms with van der Waals surface area (Å²) in [6.45, 7) is 2.05. The number of aliphatic carboxylic acids is 1. The van der Waals surface area contributed by atoms with Gasteiger partial charge in [0.2, 0.25) is 0 Å². The predicted octanol–water partition coefficient (Wildman–Crippen LogP) is 4.15. The highest BCUT2D eigenvalue weighted by Gasteiger charge is 2.00. The fourth-order valence-corrected chi connectivity index (χ4v) is 1.91. The second-order valence-electron chi connectivity index (χ2n) is 4.72. The van der Waals surface area contributed by atoms with E-state index in [2.05, 4.69) is 12.1 Å². The van der Waals surface area contributed by atoms with E-state index in [0.29, 0.717) is 18.6 Å². The van der Waals surface area contributed by atoms with Crippen LogP contribution in [-0.2, 0) is 4.79 Å². The van der Waals surface area contributed by atoms with Crippen LogP contribution in [0.2, 0.25) is 0 Å². The highest BCUT2D eigenvalue weighted by molar-refractivity contribution is 5.85. The second kappa shape index (κ2) is 7.29. The average molecular weight is 282 g/mol. The number of hydrogen-bond donors (Lipinski definition) is 1. The third-order valence-electron chi connectivity index (χ3n) is 3.14. The highest BCUT2D eigenvalue weighted by atomic mass is 16.5. The molecule has 3 heteroatoms. The number of carboxylic acids is 1. The number of benzene rings is 2. The summed E-state index contributed by atoms with van der Waals surface area (Å²) in [5.41, 5.74) is 2.66. The lowest BCUT2D eigenvalue weighted by Crippen LogP contribution is -1.99. The Kier molecular flexibility index (Phi) is 5.16. The highest BCUT2D eigenvalue weighted by Crippen LogP contribution is 2.22. The molecule has 0 unspecified atom stereocenters. The first-order valence-electron chi connectivity index (χ1n) is 6.85. The fraction of sp³-hybridized carbons (Fsp3) is 0.167. The molecule has 1 N–H and O–H groups in total. The Hall–Kier alpha value is -2.55. The Labute approximate surface area is 124 Å². The van der Waals surface area contributed by atoms with Gasteiger partial charge in [0, 0.05) is 12.0 Å². The van der Waals surface area contributed by atoms with Crippen LogP contribution >= 0.6 is 0 Å². The summed E-state index contributed by atoms with van der Waals surface area (Å²) in [7, 11) is 0. The van der Waals surface area contributed by atoms with E-state index in [0.717, 1.165) is 11.3 Å². The zero-order chi connectivity index (χ0) is 15.1. The van der Waals surface area contributed by atoms with Gasteiger partial charge in [0.05, 0.1) is 6.61 Å². The first-order valence-corrected chi connectivity index (χ1v) is 6.85. The summed E-state index contributed by atoms with van der Waals surface area (Å²) in [6.07, 6.45) is 2.25. The normalized spacial score (nSPS) is 11.2. The maximum atomic E-state index is 10.6. The zero-order valence-corrected chi connectivity index (χ0v) is 12.0. The van der Waals surface area contributed by atoms with E-state index in [1.54, 1.807) is 13.0 Å². The summed E-state index contributed by atoms with van der Waals surface area (Å²) < 4.78 is 5.59. The Morgan fingerprint density at radius 1 is 1.05 bits per heavy atom. The fourth-order valence-electron chi connectivity index (χ4n) is 1.91. The number of carbonyl (C=O) groups is 1. The van der Waals surface area contributed by atoms with Crippen LogP contribution in [0.15, 0.2) is 66.2 Å². The molecule has 2 rings (SSSR count). The molecule has 0 amide bonds. The van der Waals surface area contributed by atoms with E-state index in [4.69, 9.17) is 9.84 Å².